The lowest BCUT2D eigenvalue weighted by atomic mass is 10.2. The second-order valence-corrected chi connectivity index (χ2v) is 5.75. The minimum Gasteiger partial charge on any atom is -0.330 e. The molecule has 1 heterocycles. The monoisotopic (exact) mass is 377 g/mol. The highest BCUT2D eigenvalue weighted by molar-refractivity contribution is 9.10. The Balaban J connectivity index is 2.10. The third-order valence-electron chi connectivity index (χ3n) is 3.05. The summed E-state index contributed by atoms with van der Waals surface area (Å²) in [4.78, 5) is 15.3. The number of aromatic amines is 1. The number of rotatable bonds is 2. The molecule has 0 bridgehead atoms. The standard InChI is InChI=1S/C15H9BrFN3OS/c16-11-7-9(5-6-12(11)17)8-18-20-14(21)10-3-1-2-4-13(10)19-15(20)22/h1-8H,(H,19,22)/b18-8-. The van der Waals surface area contributed by atoms with E-state index in [0.717, 1.165) is 4.68 Å². The van der Waals surface area contributed by atoms with E-state index >= 15 is 0 Å². The summed E-state index contributed by atoms with van der Waals surface area (Å²) in [5.41, 5.74) is 0.994. The van der Waals surface area contributed by atoms with Crippen LogP contribution in [-0.2, 0) is 0 Å². The molecule has 0 amide bonds. The van der Waals surface area contributed by atoms with Crippen LogP contribution < -0.4 is 5.56 Å². The smallest absolute Gasteiger partial charge is 0.282 e. The Bertz CT molecular complexity index is 1010. The molecule has 2 aromatic carbocycles. The molecule has 0 spiro atoms. The van der Waals surface area contributed by atoms with Crippen molar-refractivity contribution in [3.05, 3.63) is 73.4 Å². The van der Waals surface area contributed by atoms with Crippen LogP contribution in [0.15, 0.2) is 56.8 Å². The maximum atomic E-state index is 13.2. The molecule has 0 atom stereocenters. The summed E-state index contributed by atoms with van der Waals surface area (Å²) in [7, 11) is 0. The molecule has 3 aromatic rings. The number of para-hydroxylation sites is 1. The number of benzene rings is 2. The van der Waals surface area contributed by atoms with Gasteiger partial charge >= 0.3 is 0 Å². The average Bonchev–Trinajstić information content (AvgIpc) is 2.50. The van der Waals surface area contributed by atoms with Crippen molar-refractivity contribution in [1.82, 2.24) is 9.66 Å². The molecule has 0 saturated heterocycles. The van der Waals surface area contributed by atoms with Gasteiger partial charge in [0.2, 0.25) is 4.77 Å². The van der Waals surface area contributed by atoms with Crippen molar-refractivity contribution in [2.24, 2.45) is 5.10 Å². The number of aromatic nitrogens is 2. The van der Waals surface area contributed by atoms with Gasteiger partial charge in [-0.2, -0.15) is 9.78 Å². The summed E-state index contributed by atoms with van der Waals surface area (Å²) < 4.78 is 14.8. The molecule has 7 heteroatoms. The topological polar surface area (TPSA) is 50.1 Å². The number of hydrogen-bond donors (Lipinski definition) is 1. The van der Waals surface area contributed by atoms with Crippen LogP contribution >= 0.6 is 28.1 Å². The third-order valence-corrected chi connectivity index (χ3v) is 3.93. The lowest BCUT2D eigenvalue weighted by molar-refractivity contribution is 0.621. The van der Waals surface area contributed by atoms with Crippen LogP contribution in [0.3, 0.4) is 0 Å². The highest BCUT2D eigenvalue weighted by atomic mass is 79.9. The maximum Gasteiger partial charge on any atom is 0.282 e. The fourth-order valence-corrected chi connectivity index (χ4v) is 2.61. The number of fused-ring (bicyclic) bond motifs is 1. The van der Waals surface area contributed by atoms with Crippen LogP contribution in [0.2, 0.25) is 0 Å². The predicted octanol–water partition coefficient (Wildman–Crippen LogP) is 3.84. The van der Waals surface area contributed by atoms with Gasteiger partial charge in [-0.15, -0.1) is 0 Å². The number of H-pyrrole nitrogens is 1. The van der Waals surface area contributed by atoms with Crippen molar-refractivity contribution < 1.29 is 4.39 Å². The Kier molecular flexibility index (Phi) is 4.00. The van der Waals surface area contributed by atoms with E-state index in [1.165, 1.54) is 12.3 Å². The van der Waals surface area contributed by atoms with Gasteiger partial charge in [0, 0.05) is 0 Å². The van der Waals surface area contributed by atoms with Crippen molar-refractivity contribution in [1.29, 1.82) is 0 Å². The zero-order valence-electron chi connectivity index (χ0n) is 11.1. The molecule has 0 aliphatic rings. The SMILES string of the molecule is O=c1c2ccccc2[nH]c(=S)n1/N=C\c1ccc(F)c(Br)c1. The number of nitrogens with zero attached hydrogens (tertiary/aromatic N) is 2. The molecular weight excluding hydrogens is 369 g/mol. The third kappa shape index (κ3) is 2.77. The van der Waals surface area contributed by atoms with Gasteiger partial charge in [0.25, 0.3) is 5.56 Å². The first-order valence-electron chi connectivity index (χ1n) is 6.30. The van der Waals surface area contributed by atoms with Gasteiger partial charge in [0.05, 0.1) is 21.6 Å². The van der Waals surface area contributed by atoms with Crippen LogP contribution in [0.1, 0.15) is 5.56 Å². The first-order valence-corrected chi connectivity index (χ1v) is 7.50. The molecule has 0 fully saturated rings. The second kappa shape index (κ2) is 5.94. The van der Waals surface area contributed by atoms with Gasteiger partial charge in [-0.05, 0) is 58.0 Å². The highest BCUT2D eigenvalue weighted by Gasteiger charge is 2.04. The highest BCUT2D eigenvalue weighted by Crippen LogP contribution is 2.15. The quantitative estimate of drug-likeness (QED) is 0.544. The fourth-order valence-electron chi connectivity index (χ4n) is 1.98. The molecule has 0 radical (unpaired) electrons. The van der Waals surface area contributed by atoms with Gasteiger partial charge in [0.1, 0.15) is 5.82 Å². The molecule has 110 valence electrons. The molecule has 0 aliphatic heterocycles. The van der Waals surface area contributed by atoms with Crippen LogP contribution in [0.4, 0.5) is 4.39 Å². The van der Waals surface area contributed by atoms with Crippen LogP contribution in [0, 0.1) is 10.6 Å². The van der Waals surface area contributed by atoms with E-state index < -0.39 is 0 Å². The summed E-state index contributed by atoms with van der Waals surface area (Å²) in [6.07, 6.45) is 1.45. The zero-order chi connectivity index (χ0) is 15.7. The lowest BCUT2D eigenvalue weighted by Gasteiger charge is -2.02. The van der Waals surface area contributed by atoms with Crippen LogP contribution in [-0.4, -0.2) is 15.9 Å². The first-order chi connectivity index (χ1) is 10.6. The van der Waals surface area contributed by atoms with Crippen molar-refractivity contribution in [3.63, 3.8) is 0 Å². The van der Waals surface area contributed by atoms with Gasteiger partial charge in [-0.25, -0.2) is 4.39 Å². The van der Waals surface area contributed by atoms with E-state index in [2.05, 4.69) is 26.0 Å². The van der Waals surface area contributed by atoms with Crippen molar-refractivity contribution in [3.8, 4) is 0 Å². The average molecular weight is 378 g/mol. The molecule has 4 nitrogen and oxygen atoms in total. The predicted molar refractivity (Wildman–Crippen MR) is 90.5 cm³/mol. The van der Waals surface area contributed by atoms with Crippen LogP contribution in [0.25, 0.3) is 10.9 Å². The summed E-state index contributed by atoms with van der Waals surface area (Å²) in [5, 5.41) is 4.59. The largest absolute Gasteiger partial charge is 0.330 e. The van der Waals surface area contributed by atoms with Crippen molar-refractivity contribution in [2.75, 3.05) is 0 Å². The summed E-state index contributed by atoms with van der Waals surface area (Å²) in [6, 6.07) is 11.5. The minimum absolute atomic E-state index is 0.195. The Labute approximate surface area is 138 Å². The molecule has 0 aliphatic carbocycles. The zero-order valence-corrected chi connectivity index (χ0v) is 13.5. The van der Waals surface area contributed by atoms with E-state index in [4.69, 9.17) is 12.2 Å². The van der Waals surface area contributed by atoms with Gasteiger partial charge < -0.3 is 4.98 Å². The number of hydrogen-bond acceptors (Lipinski definition) is 3. The Morgan fingerprint density at radius 1 is 1.27 bits per heavy atom. The molecule has 1 aromatic heterocycles. The van der Waals surface area contributed by atoms with E-state index in [9.17, 15) is 9.18 Å². The number of halogens is 2. The lowest BCUT2D eigenvalue weighted by Crippen LogP contribution is -2.18. The fraction of sp³-hybridized carbons (Fsp3) is 0. The van der Waals surface area contributed by atoms with Gasteiger partial charge in [-0.1, -0.05) is 18.2 Å². The maximum absolute atomic E-state index is 13.2. The Morgan fingerprint density at radius 2 is 2.05 bits per heavy atom. The number of nitrogens with one attached hydrogen (secondary N) is 1. The first kappa shape index (κ1) is 14.8. The van der Waals surface area contributed by atoms with E-state index in [1.54, 1.807) is 30.3 Å². The van der Waals surface area contributed by atoms with Crippen molar-refractivity contribution >= 4 is 45.3 Å². The van der Waals surface area contributed by atoms with E-state index in [1.807, 2.05) is 6.07 Å². The Morgan fingerprint density at radius 3 is 2.82 bits per heavy atom. The summed E-state index contributed by atoms with van der Waals surface area (Å²) in [6.45, 7) is 0. The second-order valence-electron chi connectivity index (χ2n) is 4.51. The van der Waals surface area contributed by atoms with E-state index in [0.29, 0.717) is 20.9 Å². The molecule has 0 saturated carbocycles. The summed E-state index contributed by atoms with van der Waals surface area (Å²) >= 11 is 8.26. The van der Waals surface area contributed by atoms with Gasteiger partial charge in [-0.3, -0.25) is 4.79 Å². The molecule has 3 rings (SSSR count). The Hall–Kier alpha value is -2.12. The van der Waals surface area contributed by atoms with Gasteiger partial charge in [0.15, 0.2) is 0 Å². The molecule has 22 heavy (non-hydrogen) atoms. The molecular formula is C15H9BrFN3OS. The summed E-state index contributed by atoms with van der Waals surface area (Å²) in [5.74, 6) is -0.364. The van der Waals surface area contributed by atoms with Crippen molar-refractivity contribution in [2.45, 2.75) is 0 Å². The minimum atomic E-state index is -0.364. The molecule has 1 N–H and O–H groups in total. The molecule has 0 unspecified atom stereocenters. The van der Waals surface area contributed by atoms with Crippen LogP contribution in [0.5, 0.6) is 0 Å². The van der Waals surface area contributed by atoms with E-state index in [-0.39, 0.29) is 16.1 Å². The normalized spacial score (nSPS) is 11.4.